The minimum Gasteiger partial charge on any atom is -0.317 e. The highest BCUT2D eigenvalue weighted by molar-refractivity contribution is 5.79. The zero-order valence-electron chi connectivity index (χ0n) is 11.8. The van der Waals surface area contributed by atoms with Crippen molar-refractivity contribution in [3.63, 3.8) is 0 Å². The second-order valence-electron chi connectivity index (χ2n) is 5.75. The molecule has 2 heteroatoms. The largest absolute Gasteiger partial charge is 0.317 e. The van der Waals surface area contributed by atoms with Gasteiger partial charge < -0.3 is 5.32 Å². The maximum absolute atomic E-state index is 4.55. The van der Waals surface area contributed by atoms with Gasteiger partial charge in [-0.1, -0.05) is 12.1 Å². The van der Waals surface area contributed by atoms with Crippen molar-refractivity contribution in [1.29, 1.82) is 0 Å². The van der Waals surface area contributed by atoms with Crippen LogP contribution in [0.4, 0.5) is 0 Å². The van der Waals surface area contributed by atoms with E-state index in [1.165, 1.54) is 30.2 Å². The molecule has 1 fully saturated rings. The Morgan fingerprint density at radius 1 is 1.26 bits per heavy atom. The zero-order chi connectivity index (χ0) is 13.2. The number of fused-ring (bicyclic) bond motifs is 1. The minimum absolute atomic E-state index is 0.701. The highest BCUT2D eigenvalue weighted by Gasteiger charge is 2.29. The molecule has 0 saturated heterocycles. The van der Waals surface area contributed by atoms with E-state index in [1.807, 2.05) is 6.92 Å². The van der Waals surface area contributed by atoms with Crippen LogP contribution in [-0.2, 0) is 6.42 Å². The monoisotopic (exact) mass is 254 g/mol. The molecule has 1 heterocycles. The van der Waals surface area contributed by atoms with Gasteiger partial charge in [-0.05, 0) is 69.3 Å². The Bertz CT molecular complexity index is 572. The summed E-state index contributed by atoms with van der Waals surface area (Å²) in [6.07, 6.45) is 5.22. The lowest BCUT2D eigenvalue weighted by Gasteiger charge is -2.15. The topological polar surface area (TPSA) is 24.9 Å². The van der Waals surface area contributed by atoms with Crippen LogP contribution in [0.3, 0.4) is 0 Å². The number of aryl methyl sites for hydroxylation is 2. The molecule has 3 rings (SSSR count). The van der Waals surface area contributed by atoms with Gasteiger partial charge in [0.1, 0.15) is 0 Å². The van der Waals surface area contributed by atoms with E-state index in [2.05, 4.69) is 47.7 Å². The molecule has 100 valence electrons. The first-order valence-corrected chi connectivity index (χ1v) is 7.30. The van der Waals surface area contributed by atoms with Crippen LogP contribution in [0.2, 0.25) is 0 Å². The molecular weight excluding hydrogens is 232 g/mol. The van der Waals surface area contributed by atoms with Crippen molar-refractivity contribution < 1.29 is 0 Å². The Labute approximate surface area is 115 Å². The molecule has 0 spiro atoms. The van der Waals surface area contributed by atoms with Gasteiger partial charge >= 0.3 is 0 Å². The highest BCUT2D eigenvalue weighted by Crippen LogP contribution is 2.34. The first-order chi connectivity index (χ1) is 9.26. The first kappa shape index (κ1) is 12.6. The van der Waals surface area contributed by atoms with Gasteiger partial charge in [0.2, 0.25) is 0 Å². The van der Waals surface area contributed by atoms with E-state index < -0.39 is 0 Å². The van der Waals surface area contributed by atoms with Crippen molar-refractivity contribution in [3.8, 4) is 0 Å². The molecule has 1 unspecified atom stereocenters. The summed E-state index contributed by atoms with van der Waals surface area (Å²) in [5.41, 5.74) is 3.62. The summed E-state index contributed by atoms with van der Waals surface area (Å²) in [5, 5.41) is 4.73. The SMILES string of the molecule is CNC(CCc1ccc2nc(C)ccc2c1)C1CC1. The third-order valence-corrected chi connectivity index (χ3v) is 4.20. The van der Waals surface area contributed by atoms with Gasteiger partial charge in [0.05, 0.1) is 5.52 Å². The Balaban J connectivity index is 1.72. The van der Waals surface area contributed by atoms with Gasteiger partial charge in [-0.3, -0.25) is 4.98 Å². The third-order valence-electron chi connectivity index (χ3n) is 4.20. The number of rotatable bonds is 5. The molecule has 1 aromatic carbocycles. The standard InChI is InChI=1S/C17H22N2/c1-12-3-6-15-11-13(5-10-17(15)19-12)4-9-16(18-2)14-7-8-14/h3,5-6,10-11,14,16,18H,4,7-9H2,1-2H3. The van der Waals surface area contributed by atoms with E-state index >= 15 is 0 Å². The Morgan fingerprint density at radius 3 is 2.84 bits per heavy atom. The van der Waals surface area contributed by atoms with Crippen LogP contribution in [0.25, 0.3) is 10.9 Å². The average molecular weight is 254 g/mol. The summed E-state index contributed by atoms with van der Waals surface area (Å²) in [6, 6.07) is 11.6. The van der Waals surface area contributed by atoms with E-state index in [9.17, 15) is 0 Å². The summed E-state index contributed by atoms with van der Waals surface area (Å²) in [6.45, 7) is 2.04. The van der Waals surface area contributed by atoms with E-state index in [4.69, 9.17) is 0 Å². The molecule has 1 saturated carbocycles. The van der Waals surface area contributed by atoms with Crippen molar-refractivity contribution in [3.05, 3.63) is 41.6 Å². The van der Waals surface area contributed by atoms with Crippen molar-refractivity contribution in [2.24, 2.45) is 5.92 Å². The normalized spacial score (nSPS) is 16.7. The second-order valence-corrected chi connectivity index (χ2v) is 5.75. The Hall–Kier alpha value is -1.41. The lowest BCUT2D eigenvalue weighted by Crippen LogP contribution is -2.27. The highest BCUT2D eigenvalue weighted by atomic mass is 14.9. The molecule has 1 aromatic heterocycles. The number of hydrogen-bond donors (Lipinski definition) is 1. The van der Waals surface area contributed by atoms with E-state index in [0.717, 1.165) is 23.5 Å². The molecule has 0 aliphatic heterocycles. The maximum Gasteiger partial charge on any atom is 0.0705 e. The molecular formula is C17H22N2. The van der Waals surface area contributed by atoms with Gasteiger partial charge in [0.15, 0.2) is 0 Å². The lowest BCUT2D eigenvalue weighted by molar-refractivity contribution is 0.470. The van der Waals surface area contributed by atoms with Crippen LogP contribution < -0.4 is 5.32 Å². The van der Waals surface area contributed by atoms with Crippen LogP contribution in [-0.4, -0.2) is 18.1 Å². The summed E-state index contributed by atoms with van der Waals surface area (Å²) in [7, 11) is 2.09. The molecule has 0 radical (unpaired) electrons. The van der Waals surface area contributed by atoms with Crippen LogP contribution in [0, 0.1) is 12.8 Å². The summed E-state index contributed by atoms with van der Waals surface area (Å²) in [5.74, 6) is 0.926. The summed E-state index contributed by atoms with van der Waals surface area (Å²) in [4.78, 5) is 4.55. The van der Waals surface area contributed by atoms with Crippen molar-refractivity contribution >= 4 is 10.9 Å². The van der Waals surface area contributed by atoms with Gasteiger partial charge in [-0.15, -0.1) is 0 Å². The molecule has 1 aliphatic carbocycles. The average Bonchev–Trinajstić information content (AvgIpc) is 3.24. The molecule has 1 N–H and O–H groups in total. The van der Waals surface area contributed by atoms with E-state index in [1.54, 1.807) is 0 Å². The molecule has 0 amide bonds. The van der Waals surface area contributed by atoms with Crippen molar-refractivity contribution in [1.82, 2.24) is 10.3 Å². The van der Waals surface area contributed by atoms with Crippen LogP contribution in [0.5, 0.6) is 0 Å². The fraction of sp³-hybridized carbons (Fsp3) is 0.471. The Kier molecular flexibility index (Phi) is 3.52. The molecule has 0 bridgehead atoms. The molecule has 2 nitrogen and oxygen atoms in total. The van der Waals surface area contributed by atoms with E-state index in [-0.39, 0.29) is 0 Å². The molecule has 1 atom stereocenters. The van der Waals surface area contributed by atoms with Crippen LogP contribution in [0.15, 0.2) is 30.3 Å². The predicted molar refractivity (Wildman–Crippen MR) is 80.4 cm³/mol. The summed E-state index contributed by atoms with van der Waals surface area (Å²) < 4.78 is 0. The number of aromatic nitrogens is 1. The van der Waals surface area contributed by atoms with Crippen molar-refractivity contribution in [2.45, 2.75) is 38.6 Å². The van der Waals surface area contributed by atoms with E-state index in [0.29, 0.717) is 6.04 Å². The van der Waals surface area contributed by atoms with Gasteiger partial charge in [-0.2, -0.15) is 0 Å². The number of nitrogens with zero attached hydrogens (tertiary/aromatic N) is 1. The molecule has 19 heavy (non-hydrogen) atoms. The number of hydrogen-bond acceptors (Lipinski definition) is 2. The Morgan fingerprint density at radius 2 is 2.11 bits per heavy atom. The minimum atomic E-state index is 0.701. The van der Waals surface area contributed by atoms with Crippen LogP contribution >= 0.6 is 0 Å². The first-order valence-electron chi connectivity index (χ1n) is 7.30. The van der Waals surface area contributed by atoms with Gasteiger partial charge in [-0.25, -0.2) is 0 Å². The number of nitrogens with one attached hydrogen (secondary N) is 1. The lowest BCUT2D eigenvalue weighted by atomic mass is 10.0. The quantitative estimate of drug-likeness (QED) is 0.883. The van der Waals surface area contributed by atoms with Crippen molar-refractivity contribution in [2.75, 3.05) is 7.05 Å². The predicted octanol–water partition coefficient (Wildman–Crippen LogP) is 3.47. The summed E-state index contributed by atoms with van der Waals surface area (Å²) >= 11 is 0. The maximum atomic E-state index is 4.55. The zero-order valence-corrected chi connectivity index (χ0v) is 11.8. The molecule has 2 aromatic rings. The van der Waals surface area contributed by atoms with Gasteiger partial charge in [0.25, 0.3) is 0 Å². The second kappa shape index (κ2) is 5.30. The number of benzene rings is 1. The van der Waals surface area contributed by atoms with Crippen LogP contribution in [0.1, 0.15) is 30.5 Å². The third kappa shape index (κ3) is 2.95. The number of pyridine rings is 1. The molecule has 1 aliphatic rings. The fourth-order valence-electron chi connectivity index (χ4n) is 2.87. The smallest absolute Gasteiger partial charge is 0.0705 e. The van der Waals surface area contributed by atoms with Gasteiger partial charge in [0, 0.05) is 17.1 Å². The fourth-order valence-corrected chi connectivity index (χ4v) is 2.87.